The zero-order valence-electron chi connectivity index (χ0n) is 7.50. The summed E-state index contributed by atoms with van der Waals surface area (Å²) in [5, 5.41) is 0.546. The molecule has 1 unspecified atom stereocenters. The fourth-order valence-corrected chi connectivity index (χ4v) is 1.66. The van der Waals surface area contributed by atoms with Gasteiger partial charge >= 0.3 is 0 Å². The van der Waals surface area contributed by atoms with Crippen LogP contribution in [0.4, 0.5) is 0 Å². The molecule has 62 valence electrons. The first-order valence-electron chi connectivity index (χ1n) is 3.82. The molecule has 0 saturated heterocycles. The van der Waals surface area contributed by atoms with Gasteiger partial charge in [-0.25, -0.2) is 0 Å². The third-order valence-electron chi connectivity index (χ3n) is 1.27. The topological polar surface area (TPSA) is 0 Å². The largest absolute Gasteiger partial charge is 0.119 e. The Morgan fingerprint density at radius 3 is 2.45 bits per heavy atom. The molecule has 0 bridgehead atoms. The van der Waals surface area contributed by atoms with Gasteiger partial charge in [0.05, 0.1) is 0 Å². The van der Waals surface area contributed by atoms with Gasteiger partial charge in [0.1, 0.15) is 0 Å². The van der Waals surface area contributed by atoms with E-state index in [1.807, 2.05) is 31.7 Å². The molecule has 0 nitrogen and oxygen atoms in total. The Morgan fingerprint density at radius 1 is 1.45 bits per heavy atom. The van der Waals surface area contributed by atoms with Gasteiger partial charge in [0.25, 0.3) is 0 Å². The van der Waals surface area contributed by atoms with Gasteiger partial charge < -0.3 is 0 Å². The molecule has 0 N–H and O–H groups in total. The summed E-state index contributed by atoms with van der Waals surface area (Å²) in [6.07, 6.45) is 8.23. The Balaban J connectivity index is 3.91. The van der Waals surface area contributed by atoms with Crippen LogP contribution in [0.2, 0.25) is 0 Å². The lowest BCUT2D eigenvalue weighted by atomic mass is 10.4. The summed E-state index contributed by atoms with van der Waals surface area (Å²) in [5.74, 6) is 0. The summed E-state index contributed by atoms with van der Waals surface area (Å²) in [4.78, 5) is 1.25. The molecule has 0 spiro atoms. The summed E-state index contributed by atoms with van der Waals surface area (Å²) >= 11 is 1.83. The summed E-state index contributed by atoms with van der Waals surface area (Å²) in [7, 11) is 0. The lowest BCUT2D eigenvalue weighted by Crippen LogP contribution is -1.88. The lowest BCUT2D eigenvalue weighted by Gasteiger charge is -2.05. The molecule has 0 radical (unpaired) electrons. The van der Waals surface area contributed by atoms with Crippen molar-refractivity contribution in [1.29, 1.82) is 0 Å². The number of thioether (sulfide) groups is 1. The van der Waals surface area contributed by atoms with Crippen LogP contribution in [0, 0.1) is 0 Å². The van der Waals surface area contributed by atoms with Crippen molar-refractivity contribution in [3.8, 4) is 0 Å². The molecule has 0 aliphatic rings. The highest BCUT2D eigenvalue weighted by atomic mass is 32.2. The summed E-state index contributed by atoms with van der Waals surface area (Å²) in [6.45, 7) is 9.99. The van der Waals surface area contributed by atoms with Crippen molar-refractivity contribution in [2.75, 3.05) is 0 Å². The Hall–Kier alpha value is -0.430. The maximum Gasteiger partial charge on any atom is 0.0245 e. The Labute approximate surface area is 74.1 Å². The Bertz CT molecular complexity index is 166. The van der Waals surface area contributed by atoms with Crippen molar-refractivity contribution in [1.82, 2.24) is 0 Å². The predicted octanol–water partition coefficient (Wildman–Crippen LogP) is 3.77. The molecular formula is C10H16S. The minimum Gasteiger partial charge on any atom is -0.119 e. The molecule has 0 amide bonds. The van der Waals surface area contributed by atoms with E-state index in [-0.39, 0.29) is 0 Å². The minimum absolute atomic E-state index is 0.546. The van der Waals surface area contributed by atoms with Gasteiger partial charge in [-0.15, -0.1) is 11.8 Å². The third-order valence-corrected chi connectivity index (χ3v) is 2.47. The number of rotatable bonds is 4. The molecule has 0 heterocycles. The van der Waals surface area contributed by atoms with Gasteiger partial charge in [-0.05, 0) is 20.8 Å². The van der Waals surface area contributed by atoms with Gasteiger partial charge in [-0.1, -0.05) is 30.9 Å². The average Bonchev–Trinajstić information content (AvgIpc) is 2.01. The molecule has 0 fully saturated rings. The van der Waals surface area contributed by atoms with Crippen molar-refractivity contribution in [3.05, 3.63) is 35.8 Å². The van der Waals surface area contributed by atoms with Gasteiger partial charge in [0.15, 0.2) is 0 Å². The lowest BCUT2D eigenvalue weighted by molar-refractivity contribution is 1.24. The second kappa shape index (κ2) is 6.29. The van der Waals surface area contributed by atoms with Crippen molar-refractivity contribution in [3.63, 3.8) is 0 Å². The predicted molar refractivity (Wildman–Crippen MR) is 55.8 cm³/mol. The summed E-state index contributed by atoms with van der Waals surface area (Å²) < 4.78 is 0. The highest BCUT2D eigenvalue weighted by molar-refractivity contribution is 8.04. The maximum absolute atomic E-state index is 3.73. The first-order chi connectivity index (χ1) is 5.24. The van der Waals surface area contributed by atoms with Crippen LogP contribution in [0.3, 0.4) is 0 Å². The van der Waals surface area contributed by atoms with Gasteiger partial charge in [-0.2, -0.15) is 0 Å². The second-order valence-electron chi connectivity index (χ2n) is 2.24. The van der Waals surface area contributed by atoms with E-state index in [1.165, 1.54) is 4.91 Å². The molecule has 0 aliphatic carbocycles. The molecule has 0 aromatic heterocycles. The van der Waals surface area contributed by atoms with E-state index in [0.29, 0.717) is 5.25 Å². The van der Waals surface area contributed by atoms with E-state index in [1.54, 1.807) is 0 Å². The highest BCUT2D eigenvalue weighted by Gasteiger charge is 1.97. The van der Waals surface area contributed by atoms with Gasteiger partial charge in [-0.3, -0.25) is 0 Å². The standard InChI is InChI=1S/C10H16S/c1-5-8-9(4)11-10(6-2)7-3/h5-9H,2H2,1,3-4H3/b8-5-,10-7-. The third kappa shape index (κ3) is 4.91. The van der Waals surface area contributed by atoms with E-state index in [2.05, 4.69) is 31.7 Å². The van der Waals surface area contributed by atoms with Crippen LogP contribution in [0.5, 0.6) is 0 Å². The van der Waals surface area contributed by atoms with E-state index in [9.17, 15) is 0 Å². The number of hydrogen-bond acceptors (Lipinski definition) is 1. The van der Waals surface area contributed by atoms with Crippen molar-refractivity contribution < 1.29 is 0 Å². The SMILES string of the molecule is C=C/C(=C/C)SC(C)/C=C\C. The monoisotopic (exact) mass is 168 g/mol. The first kappa shape index (κ1) is 10.6. The van der Waals surface area contributed by atoms with E-state index in [4.69, 9.17) is 0 Å². The minimum atomic E-state index is 0.546. The zero-order chi connectivity index (χ0) is 8.69. The Kier molecular flexibility index (Phi) is 6.05. The van der Waals surface area contributed by atoms with Crippen molar-refractivity contribution >= 4 is 11.8 Å². The number of allylic oxidation sites excluding steroid dienone is 3. The normalized spacial score (nSPS) is 15.4. The molecule has 0 aromatic rings. The zero-order valence-corrected chi connectivity index (χ0v) is 8.32. The maximum atomic E-state index is 3.73. The van der Waals surface area contributed by atoms with E-state index >= 15 is 0 Å². The van der Waals surface area contributed by atoms with Crippen LogP contribution in [0.1, 0.15) is 20.8 Å². The van der Waals surface area contributed by atoms with E-state index < -0.39 is 0 Å². The Morgan fingerprint density at radius 2 is 2.09 bits per heavy atom. The quantitative estimate of drug-likeness (QED) is 0.455. The molecule has 0 saturated carbocycles. The van der Waals surface area contributed by atoms with Gasteiger partial charge in [0, 0.05) is 10.2 Å². The van der Waals surface area contributed by atoms with Crippen molar-refractivity contribution in [2.45, 2.75) is 26.0 Å². The van der Waals surface area contributed by atoms with Crippen LogP contribution < -0.4 is 0 Å². The van der Waals surface area contributed by atoms with Gasteiger partial charge in [0.2, 0.25) is 0 Å². The van der Waals surface area contributed by atoms with Crippen molar-refractivity contribution in [2.24, 2.45) is 0 Å². The van der Waals surface area contributed by atoms with Crippen LogP contribution >= 0.6 is 11.8 Å². The highest BCUT2D eigenvalue weighted by Crippen LogP contribution is 2.22. The second-order valence-corrected chi connectivity index (χ2v) is 3.69. The summed E-state index contributed by atoms with van der Waals surface area (Å²) in [5.41, 5.74) is 0. The first-order valence-corrected chi connectivity index (χ1v) is 4.70. The fourth-order valence-electron chi connectivity index (χ4n) is 0.759. The van der Waals surface area contributed by atoms with Crippen LogP contribution in [0.25, 0.3) is 0 Å². The molecule has 11 heavy (non-hydrogen) atoms. The average molecular weight is 168 g/mol. The molecule has 1 atom stereocenters. The molecule has 0 aromatic carbocycles. The molecular weight excluding hydrogens is 152 g/mol. The molecule has 0 aliphatic heterocycles. The molecule has 0 rings (SSSR count). The van der Waals surface area contributed by atoms with E-state index in [0.717, 1.165) is 0 Å². The van der Waals surface area contributed by atoms with Crippen LogP contribution in [-0.4, -0.2) is 5.25 Å². The van der Waals surface area contributed by atoms with Crippen LogP contribution in [0.15, 0.2) is 35.8 Å². The number of hydrogen-bond donors (Lipinski definition) is 0. The van der Waals surface area contributed by atoms with Crippen LogP contribution in [-0.2, 0) is 0 Å². The smallest absolute Gasteiger partial charge is 0.0245 e. The fraction of sp³-hybridized carbons (Fsp3) is 0.400. The molecule has 1 heteroatoms. The summed E-state index contributed by atoms with van der Waals surface area (Å²) in [6, 6.07) is 0.